The van der Waals surface area contributed by atoms with Crippen molar-refractivity contribution in [3.8, 4) is 6.01 Å². The standard InChI is InChI=1S/C6H7N5O3/c1-2-14-5-8-3-7-4(12)9-6(13)11(3)10-5/h2H2,1H3,(H2,7,8,9,10,12,13). The van der Waals surface area contributed by atoms with Crippen LogP contribution in [0, 0.1) is 0 Å². The second kappa shape index (κ2) is 2.98. The predicted molar refractivity (Wildman–Crippen MR) is 45.4 cm³/mol. The Morgan fingerprint density at radius 2 is 2.21 bits per heavy atom. The van der Waals surface area contributed by atoms with E-state index < -0.39 is 11.4 Å². The van der Waals surface area contributed by atoms with Crippen molar-refractivity contribution in [2.45, 2.75) is 6.92 Å². The zero-order chi connectivity index (χ0) is 10.1. The van der Waals surface area contributed by atoms with Crippen LogP contribution >= 0.6 is 0 Å². The van der Waals surface area contributed by atoms with Gasteiger partial charge in [0.05, 0.1) is 6.61 Å². The summed E-state index contributed by atoms with van der Waals surface area (Å²) in [6.07, 6.45) is 0. The van der Waals surface area contributed by atoms with Gasteiger partial charge in [-0.2, -0.15) is 4.98 Å². The summed E-state index contributed by atoms with van der Waals surface area (Å²) in [4.78, 5) is 30.1. The first-order valence-corrected chi connectivity index (χ1v) is 3.93. The molecule has 0 spiro atoms. The van der Waals surface area contributed by atoms with Crippen LogP contribution < -0.4 is 16.1 Å². The molecule has 8 nitrogen and oxygen atoms in total. The maximum Gasteiger partial charge on any atom is 0.353 e. The van der Waals surface area contributed by atoms with E-state index in [4.69, 9.17) is 4.74 Å². The molecule has 0 unspecified atom stereocenters. The van der Waals surface area contributed by atoms with Crippen LogP contribution in [-0.2, 0) is 0 Å². The molecule has 0 aliphatic rings. The van der Waals surface area contributed by atoms with Crippen LogP contribution in [0.1, 0.15) is 6.92 Å². The average molecular weight is 197 g/mol. The van der Waals surface area contributed by atoms with E-state index in [9.17, 15) is 9.59 Å². The van der Waals surface area contributed by atoms with Gasteiger partial charge in [-0.15, -0.1) is 9.61 Å². The maximum atomic E-state index is 11.1. The van der Waals surface area contributed by atoms with Gasteiger partial charge in [-0.3, -0.25) is 9.97 Å². The van der Waals surface area contributed by atoms with Gasteiger partial charge in [0.1, 0.15) is 0 Å². The molecule has 0 aromatic carbocycles. The van der Waals surface area contributed by atoms with E-state index in [-0.39, 0.29) is 11.8 Å². The van der Waals surface area contributed by atoms with Crippen LogP contribution in [0.2, 0.25) is 0 Å². The Bertz CT molecular complexity index is 565. The molecule has 0 aliphatic carbocycles. The largest absolute Gasteiger partial charge is 0.463 e. The van der Waals surface area contributed by atoms with E-state index in [0.717, 1.165) is 4.52 Å². The van der Waals surface area contributed by atoms with Crippen LogP contribution in [0.3, 0.4) is 0 Å². The summed E-state index contributed by atoms with van der Waals surface area (Å²) >= 11 is 0. The zero-order valence-corrected chi connectivity index (χ0v) is 7.27. The maximum absolute atomic E-state index is 11.1. The summed E-state index contributed by atoms with van der Waals surface area (Å²) in [6.45, 7) is 2.15. The first kappa shape index (κ1) is 8.48. The third-order valence-electron chi connectivity index (χ3n) is 1.50. The van der Waals surface area contributed by atoms with E-state index in [2.05, 4.69) is 15.1 Å². The molecule has 0 amide bonds. The van der Waals surface area contributed by atoms with E-state index in [0.29, 0.717) is 6.61 Å². The quantitative estimate of drug-likeness (QED) is 0.609. The molecule has 2 heterocycles. The third kappa shape index (κ3) is 1.26. The lowest BCUT2D eigenvalue weighted by Gasteiger charge is -1.90. The van der Waals surface area contributed by atoms with Gasteiger partial charge in [-0.05, 0) is 6.92 Å². The molecule has 14 heavy (non-hydrogen) atoms. The fourth-order valence-corrected chi connectivity index (χ4v) is 0.989. The van der Waals surface area contributed by atoms with Crippen LogP contribution in [0.4, 0.5) is 0 Å². The van der Waals surface area contributed by atoms with Gasteiger partial charge in [0, 0.05) is 0 Å². The number of fused-ring (bicyclic) bond motifs is 1. The van der Waals surface area contributed by atoms with Crippen molar-refractivity contribution in [3.63, 3.8) is 0 Å². The summed E-state index contributed by atoms with van der Waals surface area (Å²) in [7, 11) is 0. The van der Waals surface area contributed by atoms with Crippen molar-refractivity contribution in [3.05, 3.63) is 21.0 Å². The van der Waals surface area contributed by atoms with Crippen LogP contribution in [-0.4, -0.2) is 31.2 Å². The highest BCUT2D eigenvalue weighted by atomic mass is 16.5. The minimum Gasteiger partial charge on any atom is -0.463 e. The molecule has 74 valence electrons. The second-order valence-electron chi connectivity index (χ2n) is 2.45. The second-order valence-corrected chi connectivity index (χ2v) is 2.45. The molecule has 0 saturated carbocycles. The Morgan fingerprint density at radius 1 is 1.43 bits per heavy atom. The van der Waals surface area contributed by atoms with Crippen molar-refractivity contribution in [1.82, 2.24) is 24.6 Å². The molecule has 0 atom stereocenters. The van der Waals surface area contributed by atoms with Crippen LogP contribution in [0.25, 0.3) is 5.78 Å². The third-order valence-corrected chi connectivity index (χ3v) is 1.50. The van der Waals surface area contributed by atoms with Crippen molar-refractivity contribution >= 4 is 5.78 Å². The van der Waals surface area contributed by atoms with E-state index >= 15 is 0 Å². The Kier molecular flexibility index (Phi) is 1.80. The van der Waals surface area contributed by atoms with Crippen molar-refractivity contribution in [2.75, 3.05) is 6.61 Å². The lowest BCUT2D eigenvalue weighted by molar-refractivity contribution is 0.313. The normalized spacial score (nSPS) is 10.6. The molecule has 2 N–H and O–H groups in total. The fourth-order valence-electron chi connectivity index (χ4n) is 0.989. The molecule has 0 aliphatic heterocycles. The lowest BCUT2D eigenvalue weighted by atomic mass is 10.9. The first-order chi connectivity index (χ1) is 6.70. The molecule has 0 fully saturated rings. The highest BCUT2D eigenvalue weighted by molar-refractivity contribution is 5.25. The molecule has 0 radical (unpaired) electrons. The van der Waals surface area contributed by atoms with Crippen molar-refractivity contribution in [2.24, 2.45) is 0 Å². The highest BCUT2D eigenvalue weighted by Crippen LogP contribution is 2.00. The lowest BCUT2D eigenvalue weighted by Crippen LogP contribution is -2.28. The van der Waals surface area contributed by atoms with Gasteiger partial charge in [-0.1, -0.05) is 0 Å². The molecule has 2 aromatic rings. The van der Waals surface area contributed by atoms with Crippen LogP contribution in [0.5, 0.6) is 6.01 Å². The Hall–Kier alpha value is -2.12. The predicted octanol–water partition coefficient (Wildman–Crippen LogP) is -1.50. The van der Waals surface area contributed by atoms with Crippen LogP contribution in [0.15, 0.2) is 9.59 Å². The minimum atomic E-state index is -0.651. The summed E-state index contributed by atoms with van der Waals surface area (Å²) in [5.74, 6) is 0.0576. The van der Waals surface area contributed by atoms with E-state index in [1.807, 2.05) is 4.98 Å². The van der Waals surface area contributed by atoms with Gasteiger partial charge in [-0.25, -0.2) is 9.59 Å². The number of ether oxygens (including phenoxy) is 1. The Labute approximate surface area is 76.6 Å². The summed E-state index contributed by atoms with van der Waals surface area (Å²) in [6, 6.07) is 0.0554. The molecular formula is C6H7N5O3. The number of hydrogen-bond donors (Lipinski definition) is 2. The van der Waals surface area contributed by atoms with Gasteiger partial charge in [0.15, 0.2) is 0 Å². The average Bonchev–Trinajstić information content (AvgIpc) is 2.48. The summed E-state index contributed by atoms with van der Waals surface area (Å²) < 4.78 is 5.89. The van der Waals surface area contributed by atoms with E-state index in [1.54, 1.807) is 6.92 Å². The number of aromatic nitrogens is 5. The van der Waals surface area contributed by atoms with Gasteiger partial charge >= 0.3 is 17.4 Å². The topological polar surface area (TPSA) is 105 Å². The molecule has 0 bridgehead atoms. The smallest absolute Gasteiger partial charge is 0.353 e. The molecular weight excluding hydrogens is 190 g/mol. The van der Waals surface area contributed by atoms with Gasteiger partial charge < -0.3 is 4.74 Å². The highest BCUT2D eigenvalue weighted by Gasteiger charge is 2.06. The Morgan fingerprint density at radius 3 is 2.93 bits per heavy atom. The number of nitrogens with one attached hydrogen (secondary N) is 2. The van der Waals surface area contributed by atoms with E-state index in [1.165, 1.54) is 0 Å². The minimum absolute atomic E-state index is 0.0554. The number of aromatic amines is 2. The molecule has 2 rings (SSSR count). The van der Waals surface area contributed by atoms with Crippen molar-refractivity contribution < 1.29 is 4.74 Å². The summed E-state index contributed by atoms with van der Waals surface area (Å²) in [5, 5.41) is 3.71. The van der Waals surface area contributed by atoms with Gasteiger partial charge in [0.25, 0.3) is 0 Å². The number of rotatable bonds is 2. The first-order valence-electron chi connectivity index (χ1n) is 3.93. The monoisotopic (exact) mass is 197 g/mol. The number of hydrogen-bond acceptors (Lipinski definition) is 5. The Balaban J connectivity index is 2.71. The molecule has 8 heteroatoms. The number of nitrogens with zero attached hydrogens (tertiary/aromatic N) is 3. The SMILES string of the molecule is CCOc1nc2[nH]c(=O)[nH]c(=O)n2n1. The molecule has 0 saturated heterocycles. The summed E-state index contributed by atoms with van der Waals surface area (Å²) in [5.41, 5.74) is -1.28. The van der Waals surface area contributed by atoms with Crippen molar-refractivity contribution in [1.29, 1.82) is 0 Å². The fraction of sp³-hybridized carbons (Fsp3) is 0.333. The molecule has 2 aromatic heterocycles. The zero-order valence-electron chi connectivity index (χ0n) is 7.27. The number of H-pyrrole nitrogens is 2. The van der Waals surface area contributed by atoms with Gasteiger partial charge in [0.2, 0.25) is 5.78 Å².